The monoisotopic (exact) mass is 455 g/mol. The van der Waals surface area contributed by atoms with Gasteiger partial charge in [0.05, 0.1) is 31.7 Å². The number of aromatic nitrogens is 4. The van der Waals surface area contributed by atoms with Gasteiger partial charge in [0.1, 0.15) is 24.6 Å². The molecule has 0 radical (unpaired) electrons. The molecule has 2 fully saturated rings. The van der Waals surface area contributed by atoms with Crippen LogP contribution in [0, 0.1) is 6.92 Å². The Bertz CT molecular complexity index is 1110. The van der Waals surface area contributed by atoms with E-state index in [0.717, 1.165) is 19.3 Å². The second-order valence-corrected chi connectivity index (χ2v) is 8.73. The fraction of sp³-hybridized carbons (Fsp3) is 0.522. The van der Waals surface area contributed by atoms with Crippen LogP contribution >= 0.6 is 0 Å². The normalized spacial score (nSPS) is 29.7. The lowest BCUT2D eigenvalue weighted by atomic mass is 10.1. The number of nitrogens with zero attached hydrogens (tertiary/aromatic N) is 4. The fourth-order valence-corrected chi connectivity index (χ4v) is 4.69. The van der Waals surface area contributed by atoms with E-state index in [-0.39, 0.29) is 12.1 Å². The summed E-state index contributed by atoms with van der Waals surface area (Å²) in [5, 5.41) is 33.3. The summed E-state index contributed by atoms with van der Waals surface area (Å²) in [6.45, 7) is 2.26. The average Bonchev–Trinajstić information content (AvgIpc) is 3.52. The molecule has 1 aliphatic heterocycles. The quantitative estimate of drug-likeness (QED) is 0.416. The van der Waals surface area contributed by atoms with Crippen LogP contribution in [0.25, 0.3) is 11.2 Å². The molecule has 0 spiro atoms. The Morgan fingerprint density at radius 1 is 1.15 bits per heavy atom. The topological polar surface area (TPSA) is 135 Å². The highest BCUT2D eigenvalue weighted by Crippen LogP contribution is 2.33. The standard InChI is InChI=1S/C23H29N5O5/c1-13-5-2-3-6-14(13)10-32-16-8-4-7-15(16)27-21-18-22(25-11-24-21)28(12-26-18)23-20(31)19(30)17(9-29)33-23/h2-3,5-6,11-12,15-17,19-20,23,29-31H,4,7-10H2,1H3,(H,24,25,27). The van der Waals surface area contributed by atoms with Crippen LogP contribution in [-0.4, -0.2) is 71.9 Å². The number of fused-ring (bicyclic) bond motifs is 1. The third-order valence-corrected chi connectivity index (χ3v) is 6.64. The van der Waals surface area contributed by atoms with Gasteiger partial charge < -0.3 is 30.1 Å². The Labute approximate surface area is 191 Å². The van der Waals surface area contributed by atoms with Gasteiger partial charge in [-0.15, -0.1) is 0 Å². The molecular weight excluding hydrogens is 426 g/mol. The van der Waals surface area contributed by atoms with Gasteiger partial charge in [0, 0.05) is 0 Å². The molecule has 1 saturated carbocycles. The largest absolute Gasteiger partial charge is 0.394 e. The van der Waals surface area contributed by atoms with Crippen molar-refractivity contribution in [3.05, 3.63) is 48.0 Å². The first-order chi connectivity index (χ1) is 16.1. The van der Waals surface area contributed by atoms with Gasteiger partial charge >= 0.3 is 0 Å². The average molecular weight is 456 g/mol. The van der Waals surface area contributed by atoms with E-state index < -0.39 is 31.1 Å². The zero-order valence-corrected chi connectivity index (χ0v) is 18.4. The molecular formula is C23H29N5O5. The van der Waals surface area contributed by atoms with Crippen molar-refractivity contribution in [2.24, 2.45) is 0 Å². The number of ether oxygens (including phenoxy) is 2. The van der Waals surface area contributed by atoms with E-state index in [2.05, 4.69) is 39.3 Å². The first-order valence-corrected chi connectivity index (χ1v) is 11.3. The molecule has 3 heterocycles. The van der Waals surface area contributed by atoms with Gasteiger partial charge in [-0.25, -0.2) is 15.0 Å². The molecule has 1 saturated heterocycles. The van der Waals surface area contributed by atoms with E-state index in [0.29, 0.717) is 23.6 Å². The Morgan fingerprint density at radius 3 is 2.79 bits per heavy atom. The second kappa shape index (κ2) is 9.32. The number of aliphatic hydroxyl groups excluding tert-OH is 3. The first-order valence-electron chi connectivity index (χ1n) is 11.3. The zero-order valence-electron chi connectivity index (χ0n) is 18.4. The van der Waals surface area contributed by atoms with Gasteiger partial charge in [-0.1, -0.05) is 24.3 Å². The zero-order chi connectivity index (χ0) is 22.9. The lowest BCUT2D eigenvalue weighted by Gasteiger charge is -2.22. The van der Waals surface area contributed by atoms with E-state index in [1.54, 1.807) is 4.57 Å². The predicted octanol–water partition coefficient (Wildman–Crippen LogP) is 1.30. The van der Waals surface area contributed by atoms with Crippen LogP contribution in [0.1, 0.15) is 36.6 Å². The molecule has 10 heteroatoms. The minimum atomic E-state index is -1.21. The first kappa shape index (κ1) is 22.2. The lowest BCUT2D eigenvalue weighted by Crippen LogP contribution is -2.33. The molecule has 5 rings (SSSR count). The van der Waals surface area contributed by atoms with Gasteiger partial charge in [-0.2, -0.15) is 0 Å². The third-order valence-electron chi connectivity index (χ3n) is 6.64. The molecule has 0 bridgehead atoms. The van der Waals surface area contributed by atoms with Crippen molar-refractivity contribution in [1.82, 2.24) is 19.5 Å². The number of imidazole rings is 1. The summed E-state index contributed by atoms with van der Waals surface area (Å²) >= 11 is 0. The van der Waals surface area contributed by atoms with Crippen molar-refractivity contribution < 1.29 is 24.8 Å². The summed E-state index contributed by atoms with van der Waals surface area (Å²) in [6, 6.07) is 8.32. The number of hydrogen-bond donors (Lipinski definition) is 4. The molecule has 1 aromatic carbocycles. The minimum absolute atomic E-state index is 0.0529. The Morgan fingerprint density at radius 2 is 2.00 bits per heavy atom. The molecule has 2 aliphatic rings. The lowest BCUT2D eigenvalue weighted by molar-refractivity contribution is -0.0511. The van der Waals surface area contributed by atoms with Crippen LogP contribution < -0.4 is 5.32 Å². The van der Waals surface area contributed by atoms with Gasteiger partial charge in [-0.3, -0.25) is 4.57 Å². The van der Waals surface area contributed by atoms with Gasteiger partial charge in [0.15, 0.2) is 23.2 Å². The van der Waals surface area contributed by atoms with Gasteiger partial charge in [0.25, 0.3) is 0 Å². The highest BCUT2D eigenvalue weighted by molar-refractivity contribution is 5.82. The SMILES string of the molecule is Cc1ccccc1COC1CCCC1Nc1ncnc2c1ncn2C1OC(CO)C(O)C1O. The summed E-state index contributed by atoms with van der Waals surface area (Å²) in [5.41, 5.74) is 3.41. The smallest absolute Gasteiger partial charge is 0.167 e. The Kier molecular flexibility index (Phi) is 6.26. The molecule has 0 amide bonds. The Balaban J connectivity index is 1.33. The van der Waals surface area contributed by atoms with E-state index in [9.17, 15) is 15.3 Å². The number of rotatable bonds is 7. The number of anilines is 1. The van der Waals surface area contributed by atoms with Crippen molar-refractivity contribution in [2.75, 3.05) is 11.9 Å². The third kappa shape index (κ3) is 4.20. The summed E-state index contributed by atoms with van der Waals surface area (Å²) in [5.74, 6) is 0.585. The van der Waals surface area contributed by atoms with Gasteiger partial charge in [0.2, 0.25) is 0 Å². The number of aryl methyl sites for hydroxylation is 1. The van der Waals surface area contributed by atoms with Crippen LogP contribution in [0.15, 0.2) is 36.9 Å². The summed E-state index contributed by atoms with van der Waals surface area (Å²) < 4.78 is 13.5. The summed E-state index contributed by atoms with van der Waals surface area (Å²) in [4.78, 5) is 13.2. The van der Waals surface area contributed by atoms with Crippen molar-refractivity contribution in [3.8, 4) is 0 Å². The number of aliphatic hydroxyl groups is 3. The maximum atomic E-state index is 10.4. The summed E-state index contributed by atoms with van der Waals surface area (Å²) in [6.07, 6.45) is 1.80. The van der Waals surface area contributed by atoms with E-state index in [4.69, 9.17) is 9.47 Å². The highest BCUT2D eigenvalue weighted by Gasteiger charge is 2.44. The molecule has 6 atom stereocenters. The van der Waals surface area contributed by atoms with Crippen molar-refractivity contribution in [1.29, 1.82) is 0 Å². The van der Waals surface area contributed by atoms with Crippen molar-refractivity contribution in [2.45, 2.75) is 69.5 Å². The maximum Gasteiger partial charge on any atom is 0.167 e. The molecule has 1 aliphatic carbocycles. The predicted molar refractivity (Wildman–Crippen MR) is 119 cm³/mol. The molecule has 4 N–H and O–H groups in total. The Hall–Kier alpha value is -2.63. The maximum absolute atomic E-state index is 10.4. The van der Waals surface area contributed by atoms with E-state index in [1.807, 2.05) is 12.1 Å². The van der Waals surface area contributed by atoms with Crippen molar-refractivity contribution >= 4 is 17.0 Å². The van der Waals surface area contributed by atoms with Crippen LogP contribution in [0.4, 0.5) is 5.82 Å². The van der Waals surface area contributed by atoms with Crippen molar-refractivity contribution in [3.63, 3.8) is 0 Å². The van der Waals surface area contributed by atoms with Crippen LogP contribution in [0.2, 0.25) is 0 Å². The molecule has 3 aromatic rings. The molecule has 6 unspecified atom stereocenters. The molecule has 33 heavy (non-hydrogen) atoms. The van der Waals surface area contributed by atoms with E-state index in [1.165, 1.54) is 23.8 Å². The minimum Gasteiger partial charge on any atom is -0.394 e. The number of hydrogen-bond acceptors (Lipinski definition) is 9. The van der Waals surface area contributed by atoms with Gasteiger partial charge in [-0.05, 0) is 37.3 Å². The highest BCUT2D eigenvalue weighted by atomic mass is 16.6. The van der Waals surface area contributed by atoms with Crippen LogP contribution in [-0.2, 0) is 16.1 Å². The fourth-order valence-electron chi connectivity index (χ4n) is 4.69. The number of benzene rings is 1. The van der Waals surface area contributed by atoms with Crippen LogP contribution in [0.3, 0.4) is 0 Å². The number of nitrogens with one attached hydrogen (secondary N) is 1. The van der Waals surface area contributed by atoms with Crippen LogP contribution in [0.5, 0.6) is 0 Å². The molecule has 2 aromatic heterocycles. The molecule has 10 nitrogen and oxygen atoms in total. The second-order valence-electron chi connectivity index (χ2n) is 8.73. The molecule has 176 valence electrons. The van der Waals surface area contributed by atoms with E-state index >= 15 is 0 Å². The summed E-state index contributed by atoms with van der Waals surface area (Å²) in [7, 11) is 0.